The van der Waals surface area contributed by atoms with E-state index in [4.69, 9.17) is 9.84 Å². The Balaban J connectivity index is 2.28. The van der Waals surface area contributed by atoms with E-state index in [9.17, 15) is 0 Å². The van der Waals surface area contributed by atoms with Gasteiger partial charge in [-0.05, 0) is 32.2 Å². The van der Waals surface area contributed by atoms with Crippen molar-refractivity contribution in [3.05, 3.63) is 17.0 Å². The van der Waals surface area contributed by atoms with Gasteiger partial charge in [-0.25, -0.2) is 0 Å². The summed E-state index contributed by atoms with van der Waals surface area (Å²) >= 11 is 0. The van der Waals surface area contributed by atoms with E-state index in [1.165, 1.54) is 17.0 Å². The monoisotopic (exact) mass is 265 g/mol. The lowest BCUT2D eigenvalue weighted by molar-refractivity contribution is 0.0653. The van der Waals surface area contributed by atoms with Gasteiger partial charge in [0.1, 0.15) is 0 Å². The molecule has 1 N–H and O–H groups in total. The van der Waals surface area contributed by atoms with Gasteiger partial charge in [0.25, 0.3) is 0 Å². The molecule has 1 aromatic rings. The summed E-state index contributed by atoms with van der Waals surface area (Å²) in [7, 11) is 0. The van der Waals surface area contributed by atoms with Crippen LogP contribution in [0.2, 0.25) is 0 Å². The quantitative estimate of drug-likeness (QED) is 0.859. The van der Waals surface area contributed by atoms with E-state index in [2.05, 4.69) is 30.8 Å². The van der Waals surface area contributed by atoms with Gasteiger partial charge in [-0.2, -0.15) is 5.10 Å². The largest absolute Gasteiger partial charge is 0.381 e. The molecule has 0 radical (unpaired) electrons. The molecule has 1 aliphatic rings. The zero-order chi connectivity index (χ0) is 13.7. The highest BCUT2D eigenvalue weighted by molar-refractivity contribution is 5.27. The molecule has 0 amide bonds. The molecule has 0 spiro atoms. The van der Waals surface area contributed by atoms with Crippen molar-refractivity contribution in [1.29, 1.82) is 0 Å². The fourth-order valence-electron chi connectivity index (χ4n) is 2.90. The second-order valence-corrected chi connectivity index (χ2v) is 5.15. The molecule has 2 rings (SSSR count). The van der Waals surface area contributed by atoms with Gasteiger partial charge in [0, 0.05) is 31.0 Å². The molecule has 0 bridgehead atoms. The van der Waals surface area contributed by atoms with Crippen LogP contribution in [0.4, 0.5) is 0 Å². The Labute approximate surface area is 116 Å². The zero-order valence-corrected chi connectivity index (χ0v) is 12.5. The molecule has 0 unspecified atom stereocenters. The number of hydrogen-bond donors (Lipinski definition) is 1. The van der Waals surface area contributed by atoms with Crippen molar-refractivity contribution >= 4 is 0 Å². The van der Waals surface area contributed by atoms with Crippen LogP contribution in [-0.4, -0.2) is 29.5 Å². The van der Waals surface area contributed by atoms with Crippen molar-refractivity contribution in [3.63, 3.8) is 0 Å². The topological polar surface area (TPSA) is 39.1 Å². The van der Waals surface area contributed by atoms with Gasteiger partial charge in [-0.3, -0.25) is 4.68 Å². The SMILES string of the molecule is CCNCc1c(CC)nn(C2CCOCC2)c1CC. The average molecular weight is 265 g/mol. The van der Waals surface area contributed by atoms with E-state index in [-0.39, 0.29) is 0 Å². The molecule has 0 aromatic carbocycles. The van der Waals surface area contributed by atoms with Gasteiger partial charge in [-0.15, -0.1) is 0 Å². The lowest BCUT2D eigenvalue weighted by atomic mass is 10.1. The lowest BCUT2D eigenvalue weighted by Crippen LogP contribution is -2.22. The Morgan fingerprint density at radius 3 is 2.53 bits per heavy atom. The van der Waals surface area contributed by atoms with E-state index >= 15 is 0 Å². The molecule has 0 saturated carbocycles. The maximum atomic E-state index is 5.47. The first kappa shape index (κ1) is 14.5. The fraction of sp³-hybridized carbons (Fsp3) is 0.800. The summed E-state index contributed by atoms with van der Waals surface area (Å²) in [6.45, 7) is 10.3. The van der Waals surface area contributed by atoms with E-state index in [1.807, 2.05) is 0 Å². The summed E-state index contributed by atoms with van der Waals surface area (Å²) in [5.74, 6) is 0. The van der Waals surface area contributed by atoms with Crippen LogP contribution in [0.25, 0.3) is 0 Å². The van der Waals surface area contributed by atoms with Crippen molar-refractivity contribution in [3.8, 4) is 0 Å². The molecule has 4 heteroatoms. The smallest absolute Gasteiger partial charge is 0.0669 e. The summed E-state index contributed by atoms with van der Waals surface area (Å²) in [5, 5.41) is 8.35. The van der Waals surface area contributed by atoms with Crippen LogP contribution in [0, 0.1) is 0 Å². The fourth-order valence-corrected chi connectivity index (χ4v) is 2.90. The molecule has 0 atom stereocenters. The van der Waals surface area contributed by atoms with Gasteiger partial charge in [0.15, 0.2) is 0 Å². The van der Waals surface area contributed by atoms with Crippen LogP contribution in [0.3, 0.4) is 0 Å². The van der Waals surface area contributed by atoms with Crippen LogP contribution in [0.15, 0.2) is 0 Å². The first-order valence-electron chi connectivity index (χ1n) is 7.69. The van der Waals surface area contributed by atoms with Crippen LogP contribution in [0.5, 0.6) is 0 Å². The van der Waals surface area contributed by atoms with Crippen molar-refractivity contribution in [2.45, 2.75) is 59.0 Å². The Hall–Kier alpha value is -0.870. The molecule has 19 heavy (non-hydrogen) atoms. The first-order valence-corrected chi connectivity index (χ1v) is 7.69. The number of hydrogen-bond acceptors (Lipinski definition) is 3. The number of ether oxygens (including phenoxy) is 1. The third kappa shape index (κ3) is 3.18. The molecule has 108 valence electrons. The molecule has 2 heterocycles. The van der Waals surface area contributed by atoms with Crippen LogP contribution in [-0.2, 0) is 24.1 Å². The molecular formula is C15H27N3O. The second-order valence-electron chi connectivity index (χ2n) is 5.15. The van der Waals surface area contributed by atoms with E-state index in [1.54, 1.807) is 0 Å². The van der Waals surface area contributed by atoms with Crippen LogP contribution >= 0.6 is 0 Å². The van der Waals surface area contributed by atoms with Gasteiger partial charge in [0.05, 0.1) is 11.7 Å². The average Bonchev–Trinajstić information content (AvgIpc) is 2.83. The molecule has 4 nitrogen and oxygen atoms in total. The predicted octanol–water partition coefficient (Wildman–Crippen LogP) is 2.47. The minimum absolute atomic E-state index is 0.532. The Morgan fingerprint density at radius 1 is 1.21 bits per heavy atom. The van der Waals surface area contributed by atoms with E-state index in [0.29, 0.717) is 6.04 Å². The minimum Gasteiger partial charge on any atom is -0.381 e. The molecule has 1 fully saturated rings. The van der Waals surface area contributed by atoms with E-state index in [0.717, 1.165) is 52.0 Å². The highest BCUT2D eigenvalue weighted by Crippen LogP contribution is 2.26. The Bertz CT molecular complexity index is 394. The lowest BCUT2D eigenvalue weighted by Gasteiger charge is -2.24. The number of aryl methyl sites for hydroxylation is 1. The van der Waals surface area contributed by atoms with E-state index < -0.39 is 0 Å². The third-order valence-corrected chi connectivity index (χ3v) is 3.96. The Morgan fingerprint density at radius 2 is 1.95 bits per heavy atom. The van der Waals surface area contributed by atoms with Crippen LogP contribution < -0.4 is 5.32 Å². The molecular weight excluding hydrogens is 238 g/mol. The van der Waals surface area contributed by atoms with Gasteiger partial charge < -0.3 is 10.1 Å². The summed E-state index contributed by atoms with van der Waals surface area (Å²) in [4.78, 5) is 0. The van der Waals surface area contributed by atoms with Crippen molar-refractivity contribution in [1.82, 2.24) is 15.1 Å². The van der Waals surface area contributed by atoms with Crippen molar-refractivity contribution in [2.24, 2.45) is 0 Å². The van der Waals surface area contributed by atoms with Crippen molar-refractivity contribution in [2.75, 3.05) is 19.8 Å². The number of nitrogens with one attached hydrogen (secondary N) is 1. The molecule has 1 aromatic heterocycles. The minimum atomic E-state index is 0.532. The third-order valence-electron chi connectivity index (χ3n) is 3.96. The summed E-state index contributed by atoms with van der Waals surface area (Å²) in [6, 6.07) is 0.532. The zero-order valence-electron chi connectivity index (χ0n) is 12.5. The predicted molar refractivity (Wildman–Crippen MR) is 77.5 cm³/mol. The normalized spacial score (nSPS) is 17.0. The summed E-state index contributed by atoms with van der Waals surface area (Å²) < 4.78 is 7.77. The maximum absolute atomic E-state index is 5.47. The highest BCUT2D eigenvalue weighted by Gasteiger charge is 2.22. The molecule has 0 aliphatic carbocycles. The van der Waals surface area contributed by atoms with Gasteiger partial charge in [0.2, 0.25) is 0 Å². The summed E-state index contributed by atoms with van der Waals surface area (Å²) in [5.41, 5.74) is 4.12. The van der Waals surface area contributed by atoms with Crippen LogP contribution in [0.1, 0.15) is 56.6 Å². The number of aromatic nitrogens is 2. The molecule has 1 aliphatic heterocycles. The number of rotatable bonds is 6. The first-order chi connectivity index (χ1) is 9.31. The maximum Gasteiger partial charge on any atom is 0.0669 e. The highest BCUT2D eigenvalue weighted by atomic mass is 16.5. The van der Waals surface area contributed by atoms with Crippen molar-refractivity contribution < 1.29 is 4.74 Å². The molecule has 1 saturated heterocycles. The second kappa shape index (κ2) is 7.06. The standard InChI is InChI=1S/C15H27N3O/c1-4-14-13(11-16-6-3)15(5-2)18(17-14)12-7-9-19-10-8-12/h12,16H,4-11H2,1-3H3. The summed E-state index contributed by atoms with van der Waals surface area (Å²) in [6.07, 6.45) is 4.27. The Kier molecular flexibility index (Phi) is 5.40. The van der Waals surface area contributed by atoms with Gasteiger partial charge >= 0.3 is 0 Å². The van der Waals surface area contributed by atoms with Gasteiger partial charge in [-0.1, -0.05) is 20.8 Å². The number of nitrogens with zero attached hydrogens (tertiary/aromatic N) is 2.